The number of nitrogens with zero attached hydrogens (tertiary/aromatic N) is 2. The second-order valence-corrected chi connectivity index (χ2v) is 6.44. The number of carbonyl (C=O) groups is 1. The lowest BCUT2D eigenvalue weighted by Gasteiger charge is -2.51. The maximum absolute atomic E-state index is 13.8. The zero-order chi connectivity index (χ0) is 16.8. The molecule has 0 unspecified atom stereocenters. The molecule has 0 bridgehead atoms. The Labute approximate surface area is 130 Å². The summed E-state index contributed by atoms with van der Waals surface area (Å²) in [5.74, 6) is -1.03. The first-order valence-corrected chi connectivity index (χ1v) is 7.42. The molecule has 1 aliphatic carbocycles. The second-order valence-electron chi connectivity index (χ2n) is 6.44. The van der Waals surface area contributed by atoms with Crippen LogP contribution >= 0.6 is 0 Å². The Balaban J connectivity index is 1.69. The van der Waals surface area contributed by atoms with Crippen molar-refractivity contribution in [2.24, 2.45) is 5.41 Å². The molecule has 1 aromatic rings. The highest BCUT2D eigenvalue weighted by Crippen LogP contribution is 2.56. The number of hydrogen-bond acceptors (Lipinski definition) is 2. The van der Waals surface area contributed by atoms with Gasteiger partial charge < -0.3 is 10.0 Å². The van der Waals surface area contributed by atoms with Crippen molar-refractivity contribution in [3.63, 3.8) is 0 Å². The minimum absolute atomic E-state index is 0.0844. The summed E-state index contributed by atoms with van der Waals surface area (Å²) in [5.41, 5.74) is -1.28. The van der Waals surface area contributed by atoms with Crippen molar-refractivity contribution in [1.82, 2.24) is 9.88 Å². The summed E-state index contributed by atoms with van der Waals surface area (Å²) in [6.07, 6.45) is -3.10. The quantitative estimate of drug-likeness (QED) is 0.794. The molecule has 2 fully saturated rings. The average Bonchev–Trinajstić information content (AvgIpc) is 2.44. The highest BCUT2D eigenvalue weighted by atomic mass is 19.4. The van der Waals surface area contributed by atoms with Gasteiger partial charge in [0.2, 0.25) is 0 Å². The molecule has 2 heterocycles. The Morgan fingerprint density at radius 1 is 1.26 bits per heavy atom. The van der Waals surface area contributed by atoms with Gasteiger partial charge in [-0.3, -0.25) is 0 Å². The molecule has 23 heavy (non-hydrogen) atoms. The van der Waals surface area contributed by atoms with Gasteiger partial charge in [-0.25, -0.2) is 14.2 Å². The van der Waals surface area contributed by atoms with Crippen LogP contribution in [0, 0.1) is 11.2 Å². The van der Waals surface area contributed by atoms with Crippen LogP contribution in [0.5, 0.6) is 0 Å². The Kier molecular flexibility index (Phi) is 3.72. The van der Waals surface area contributed by atoms with E-state index in [1.807, 2.05) is 0 Å². The van der Waals surface area contributed by atoms with Crippen LogP contribution in [0.4, 0.5) is 22.4 Å². The molecule has 1 spiro atoms. The Bertz CT molecular complexity index is 616. The third-order valence-electron chi connectivity index (χ3n) is 5.00. The molecule has 1 aromatic heterocycles. The second kappa shape index (κ2) is 5.35. The zero-order valence-electron chi connectivity index (χ0n) is 12.2. The number of halogens is 4. The maximum atomic E-state index is 13.8. The lowest BCUT2D eigenvalue weighted by atomic mass is 9.56. The Hall–Kier alpha value is -1.86. The number of pyridine rings is 1. The molecule has 1 N–H and O–H groups in total. The van der Waals surface area contributed by atoms with Gasteiger partial charge in [0, 0.05) is 19.0 Å². The van der Waals surface area contributed by atoms with Gasteiger partial charge in [0.1, 0.15) is 11.5 Å². The van der Waals surface area contributed by atoms with E-state index >= 15 is 0 Å². The van der Waals surface area contributed by atoms with E-state index in [0.717, 1.165) is 6.07 Å². The zero-order valence-corrected chi connectivity index (χ0v) is 12.2. The van der Waals surface area contributed by atoms with Crippen molar-refractivity contribution < 1.29 is 27.5 Å². The minimum atomic E-state index is -4.59. The first-order chi connectivity index (χ1) is 10.7. The molecule has 0 atom stereocenters. The SMILES string of the molecule is O=C(O)N1CCC2(CC1)CC(c1nc(C(F)(F)F)ccc1F)C2. The van der Waals surface area contributed by atoms with Gasteiger partial charge in [0.05, 0.1) is 5.69 Å². The fraction of sp³-hybridized carbons (Fsp3) is 0.600. The molecule has 8 heteroatoms. The largest absolute Gasteiger partial charge is 0.465 e. The standard InChI is InChI=1S/C15H16F4N2O2/c16-10-1-2-11(15(17,18)19)20-12(10)9-7-14(8-9)3-5-21(6-4-14)13(22)23/h1-2,9H,3-8H2,(H,22,23). The van der Waals surface area contributed by atoms with Crippen LogP contribution in [0.2, 0.25) is 0 Å². The van der Waals surface area contributed by atoms with Gasteiger partial charge in [0.15, 0.2) is 0 Å². The highest BCUT2D eigenvalue weighted by Gasteiger charge is 2.48. The van der Waals surface area contributed by atoms with Crippen molar-refractivity contribution in [2.45, 2.75) is 37.8 Å². The van der Waals surface area contributed by atoms with Crippen LogP contribution in [0.15, 0.2) is 12.1 Å². The van der Waals surface area contributed by atoms with E-state index in [9.17, 15) is 22.4 Å². The lowest BCUT2D eigenvalue weighted by molar-refractivity contribution is -0.141. The van der Waals surface area contributed by atoms with Crippen LogP contribution in [0.3, 0.4) is 0 Å². The van der Waals surface area contributed by atoms with Crippen molar-refractivity contribution in [3.8, 4) is 0 Å². The fourth-order valence-electron chi connectivity index (χ4n) is 3.66. The van der Waals surface area contributed by atoms with Crippen LogP contribution in [0.25, 0.3) is 0 Å². The van der Waals surface area contributed by atoms with Crippen LogP contribution in [-0.2, 0) is 6.18 Å². The molecule has 1 aliphatic heterocycles. The number of aromatic nitrogens is 1. The Morgan fingerprint density at radius 2 is 1.87 bits per heavy atom. The van der Waals surface area contributed by atoms with Crippen molar-refractivity contribution in [1.29, 1.82) is 0 Å². The van der Waals surface area contributed by atoms with E-state index in [1.54, 1.807) is 0 Å². The predicted molar refractivity (Wildman–Crippen MR) is 72.4 cm³/mol. The molecule has 2 aliphatic rings. The number of rotatable bonds is 1. The summed E-state index contributed by atoms with van der Waals surface area (Å²) in [5, 5.41) is 8.93. The third kappa shape index (κ3) is 2.98. The van der Waals surface area contributed by atoms with Crippen molar-refractivity contribution in [2.75, 3.05) is 13.1 Å². The van der Waals surface area contributed by atoms with Gasteiger partial charge in [0.25, 0.3) is 0 Å². The minimum Gasteiger partial charge on any atom is -0.465 e. The predicted octanol–water partition coefficient (Wildman–Crippen LogP) is 3.88. The molecule has 126 valence electrons. The summed E-state index contributed by atoms with van der Waals surface area (Å²) in [6.45, 7) is 0.834. The lowest BCUT2D eigenvalue weighted by Crippen LogP contribution is -2.48. The monoisotopic (exact) mass is 332 g/mol. The van der Waals surface area contributed by atoms with Gasteiger partial charge >= 0.3 is 12.3 Å². The first-order valence-electron chi connectivity index (χ1n) is 7.42. The molecule has 1 saturated heterocycles. The molecule has 1 saturated carbocycles. The number of likely N-dealkylation sites (tertiary alicyclic amines) is 1. The number of carboxylic acid groups (broad SMARTS) is 1. The number of amides is 1. The summed E-state index contributed by atoms with van der Waals surface area (Å²) in [7, 11) is 0. The van der Waals surface area contributed by atoms with E-state index in [1.165, 1.54) is 4.90 Å². The van der Waals surface area contributed by atoms with E-state index in [4.69, 9.17) is 5.11 Å². The summed E-state index contributed by atoms with van der Waals surface area (Å²) in [6, 6.07) is 1.47. The fourth-order valence-corrected chi connectivity index (χ4v) is 3.66. The number of alkyl halides is 3. The van der Waals surface area contributed by atoms with Gasteiger partial charge in [-0.15, -0.1) is 0 Å². The number of hydrogen-bond donors (Lipinski definition) is 1. The van der Waals surface area contributed by atoms with Gasteiger partial charge in [-0.2, -0.15) is 13.2 Å². The maximum Gasteiger partial charge on any atom is 0.433 e. The normalized spacial score (nSPS) is 21.3. The molecule has 0 aromatic carbocycles. The first kappa shape index (κ1) is 16.0. The highest BCUT2D eigenvalue weighted by molar-refractivity contribution is 5.65. The summed E-state index contributed by atoms with van der Waals surface area (Å²) < 4.78 is 52.0. The van der Waals surface area contributed by atoms with Crippen LogP contribution in [0.1, 0.15) is 43.0 Å². The van der Waals surface area contributed by atoms with E-state index < -0.39 is 23.8 Å². The van der Waals surface area contributed by atoms with Crippen molar-refractivity contribution in [3.05, 3.63) is 29.3 Å². The van der Waals surface area contributed by atoms with Crippen molar-refractivity contribution >= 4 is 6.09 Å². The van der Waals surface area contributed by atoms with Crippen LogP contribution in [-0.4, -0.2) is 34.2 Å². The van der Waals surface area contributed by atoms with E-state index in [2.05, 4.69) is 4.98 Å². The third-order valence-corrected chi connectivity index (χ3v) is 5.00. The van der Waals surface area contributed by atoms with E-state index in [0.29, 0.717) is 44.8 Å². The van der Waals surface area contributed by atoms with E-state index in [-0.39, 0.29) is 17.0 Å². The molecule has 0 radical (unpaired) electrons. The average molecular weight is 332 g/mol. The molecule has 4 nitrogen and oxygen atoms in total. The molecular formula is C15H16F4N2O2. The Morgan fingerprint density at radius 3 is 2.39 bits per heavy atom. The molecule has 1 amide bonds. The molecule has 3 rings (SSSR count). The molecular weight excluding hydrogens is 316 g/mol. The summed E-state index contributed by atoms with van der Waals surface area (Å²) >= 11 is 0. The number of piperidine rings is 1. The van der Waals surface area contributed by atoms with Gasteiger partial charge in [-0.1, -0.05) is 0 Å². The smallest absolute Gasteiger partial charge is 0.433 e. The topological polar surface area (TPSA) is 53.4 Å². The van der Waals surface area contributed by atoms with Crippen LogP contribution < -0.4 is 0 Å². The van der Waals surface area contributed by atoms with Gasteiger partial charge in [-0.05, 0) is 43.2 Å². The summed E-state index contributed by atoms with van der Waals surface area (Å²) in [4.78, 5) is 15.7.